The van der Waals surface area contributed by atoms with Crippen LogP contribution < -0.4 is 11.2 Å². The number of hydrazone groups is 1. The summed E-state index contributed by atoms with van der Waals surface area (Å²) in [6.07, 6.45) is 0. The lowest BCUT2D eigenvalue weighted by Gasteiger charge is -2.11. The molecule has 0 saturated heterocycles. The van der Waals surface area contributed by atoms with Crippen molar-refractivity contribution in [3.63, 3.8) is 0 Å². The lowest BCUT2D eigenvalue weighted by atomic mass is 9.92. The van der Waals surface area contributed by atoms with Crippen LogP contribution in [0.25, 0.3) is 0 Å². The highest BCUT2D eigenvalue weighted by Crippen LogP contribution is 2.23. The molecule has 0 fully saturated rings. The Hall–Kier alpha value is -3.51. The Morgan fingerprint density at radius 3 is 1.76 bits per heavy atom. The summed E-state index contributed by atoms with van der Waals surface area (Å²) in [4.78, 5) is 0. The summed E-state index contributed by atoms with van der Waals surface area (Å²) in [5.41, 5.74) is 11.9. The van der Waals surface area contributed by atoms with Crippen molar-refractivity contribution in [3.05, 3.63) is 108 Å². The second kappa shape index (κ2) is 8.37. The van der Waals surface area contributed by atoms with E-state index >= 15 is 0 Å². The first-order chi connectivity index (χ1) is 12.3. The SMILES string of the molecule is NC(=NNC#CC(c1ccccc1)c1ccccc1)c1ccccc1. The smallest absolute Gasteiger partial charge is 0.151 e. The minimum atomic E-state index is -0.0250. The number of nitrogens with zero attached hydrogens (tertiary/aromatic N) is 1. The van der Waals surface area contributed by atoms with Crippen LogP contribution in [0, 0.1) is 12.0 Å². The van der Waals surface area contributed by atoms with Gasteiger partial charge in [0.1, 0.15) is 0 Å². The van der Waals surface area contributed by atoms with E-state index in [1.807, 2.05) is 66.7 Å². The Labute approximate surface area is 148 Å². The summed E-state index contributed by atoms with van der Waals surface area (Å²) < 4.78 is 0. The highest BCUT2D eigenvalue weighted by atomic mass is 15.3. The van der Waals surface area contributed by atoms with Gasteiger partial charge in [0.25, 0.3) is 0 Å². The number of nitrogens with one attached hydrogen (secondary N) is 1. The van der Waals surface area contributed by atoms with Crippen molar-refractivity contribution < 1.29 is 0 Å². The van der Waals surface area contributed by atoms with Crippen LogP contribution in [0.4, 0.5) is 0 Å². The minimum absolute atomic E-state index is 0.0250. The highest BCUT2D eigenvalue weighted by molar-refractivity contribution is 5.97. The first-order valence-electron chi connectivity index (χ1n) is 8.08. The monoisotopic (exact) mass is 325 g/mol. The van der Waals surface area contributed by atoms with E-state index in [1.165, 1.54) is 0 Å². The van der Waals surface area contributed by atoms with Gasteiger partial charge in [-0.25, -0.2) is 5.43 Å². The quantitative estimate of drug-likeness (QED) is 0.253. The van der Waals surface area contributed by atoms with Gasteiger partial charge in [-0.2, -0.15) is 0 Å². The van der Waals surface area contributed by atoms with E-state index in [0.29, 0.717) is 5.84 Å². The van der Waals surface area contributed by atoms with Gasteiger partial charge in [0.15, 0.2) is 5.84 Å². The van der Waals surface area contributed by atoms with Crippen LogP contribution >= 0.6 is 0 Å². The van der Waals surface area contributed by atoms with Crippen molar-refractivity contribution in [1.82, 2.24) is 5.43 Å². The van der Waals surface area contributed by atoms with Gasteiger partial charge in [-0.15, -0.1) is 5.10 Å². The maximum absolute atomic E-state index is 5.95. The van der Waals surface area contributed by atoms with E-state index in [-0.39, 0.29) is 5.92 Å². The summed E-state index contributed by atoms with van der Waals surface area (Å²) in [5.74, 6) is 3.62. The molecule has 3 nitrogen and oxygen atoms in total. The molecule has 0 unspecified atom stereocenters. The molecule has 25 heavy (non-hydrogen) atoms. The fraction of sp³-hybridized carbons (Fsp3) is 0.0455. The van der Waals surface area contributed by atoms with Gasteiger partial charge in [0.2, 0.25) is 0 Å². The van der Waals surface area contributed by atoms with E-state index in [0.717, 1.165) is 16.7 Å². The molecule has 0 aliphatic carbocycles. The molecular formula is C22H19N3. The fourth-order valence-electron chi connectivity index (χ4n) is 2.52. The molecule has 0 bridgehead atoms. The molecule has 0 radical (unpaired) electrons. The fourth-order valence-corrected chi connectivity index (χ4v) is 2.52. The van der Waals surface area contributed by atoms with Gasteiger partial charge in [-0.3, -0.25) is 0 Å². The van der Waals surface area contributed by atoms with E-state index in [4.69, 9.17) is 5.73 Å². The van der Waals surface area contributed by atoms with E-state index in [9.17, 15) is 0 Å². The predicted molar refractivity (Wildman–Crippen MR) is 103 cm³/mol. The number of amidine groups is 1. The molecule has 3 aromatic rings. The lowest BCUT2D eigenvalue weighted by Crippen LogP contribution is -2.16. The van der Waals surface area contributed by atoms with Crippen LogP contribution in [0.1, 0.15) is 22.6 Å². The summed E-state index contributed by atoms with van der Waals surface area (Å²) >= 11 is 0. The van der Waals surface area contributed by atoms with Gasteiger partial charge in [0.05, 0.1) is 5.92 Å². The Bertz CT molecular complexity index is 837. The van der Waals surface area contributed by atoms with Crippen LogP contribution in [-0.2, 0) is 0 Å². The van der Waals surface area contributed by atoms with E-state index in [2.05, 4.69) is 46.8 Å². The maximum Gasteiger partial charge on any atom is 0.151 e. The molecule has 3 aromatic carbocycles. The average molecular weight is 325 g/mol. The van der Waals surface area contributed by atoms with Crippen LogP contribution in [0.2, 0.25) is 0 Å². The van der Waals surface area contributed by atoms with Crippen molar-refractivity contribution in [3.8, 4) is 12.0 Å². The van der Waals surface area contributed by atoms with Gasteiger partial charge < -0.3 is 5.73 Å². The maximum atomic E-state index is 5.95. The zero-order valence-corrected chi connectivity index (χ0v) is 13.8. The third-order valence-electron chi connectivity index (χ3n) is 3.78. The normalized spacial score (nSPS) is 10.8. The van der Waals surface area contributed by atoms with Crippen LogP contribution in [0.3, 0.4) is 0 Å². The van der Waals surface area contributed by atoms with Gasteiger partial charge in [0, 0.05) is 11.6 Å². The second-order valence-corrected chi connectivity index (χ2v) is 5.50. The Morgan fingerprint density at radius 1 is 0.760 bits per heavy atom. The molecule has 3 heteroatoms. The molecule has 0 atom stereocenters. The molecule has 122 valence electrons. The van der Waals surface area contributed by atoms with Crippen molar-refractivity contribution in [1.29, 1.82) is 0 Å². The topological polar surface area (TPSA) is 50.4 Å². The van der Waals surface area contributed by atoms with E-state index < -0.39 is 0 Å². The number of hydrogen-bond donors (Lipinski definition) is 2. The van der Waals surface area contributed by atoms with Gasteiger partial charge in [-0.1, -0.05) is 96.9 Å². The van der Waals surface area contributed by atoms with E-state index in [1.54, 1.807) is 0 Å². The molecule has 3 N–H and O–H groups in total. The molecule has 0 amide bonds. The third-order valence-corrected chi connectivity index (χ3v) is 3.78. The zero-order valence-electron chi connectivity index (χ0n) is 13.8. The van der Waals surface area contributed by atoms with Crippen LogP contribution in [0.15, 0.2) is 96.1 Å². The predicted octanol–water partition coefficient (Wildman–Crippen LogP) is 3.69. The third kappa shape index (κ3) is 4.49. The van der Waals surface area contributed by atoms with Crippen molar-refractivity contribution in [2.24, 2.45) is 10.8 Å². The van der Waals surface area contributed by atoms with Crippen LogP contribution in [0.5, 0.6) is 0 Å². The van der Waals surface area contributed by atoms with Gasteiger partial charge >= 0.3 is 0 Å². The standard InChI is InChI=1S/C22H19N3/c23-22(20-14-8-3-9-15-20)25-24-17-16-21(18-10-4-1-5-11-18)19-12-6-2-7-13-19/h1-15,21,24H,(H2,23,25). The molecule has 0 aliphatic heterocycles. The summed E-state index contributed by atoms with van der Waals surface area (Å²) in [5, 5.41) is 4.12. The zero-order chi connectivity index (χ0) is 17.3. The van der Waals surface area contributed by atoms with Crippen LogP contribution in [-0.4, -0.2) is 5.84 Å². The first-order valence-corrected chi connectivity index (χ1v) is 8.08. The Balaban J connectivity index is 1.79. The van der Waals surface area contributed by atoms with Crippen molar-refractivity contribution in [2.45, 2.75) is 5.92 Å². The second-order valence-electron chi connectivity index (χ2n) is 5.50. The number of rotatable bonds is 4. The Kier molecular flexibility index (Phi) is 5.48. The Morgan fingerprint density at radius 2 is 1.24 bits per heavy atom. The lowest BCUT2D eigenvalue weighted by molar-refractivity contribution is 0.987. The molecular weight excluding hydrogens is 306 g/mol. The number of nitrogens with two attached hydrogens (primary N) is 1. The summed E-state index contributed by atoms with van der Waals surface area (Å²) in [6, 6.07) is 32.9. The molecule has 0 spiro atoms. The average Bonchev–Trinajstić information content (AvgIpc) is 2.70. The van der Waals surface area contributed by atoms with Gasteiger partial charge in [-0.05, 0) is 11.1 Å². The molecule has 3 rings (SSSR count). The first kappa shape index (κ1) is 16.4. The minimum Gasteiger partial charge on any atom is -0.382 e. The molecule has 0 aliphatic rings. The summed E-state index contributed by atoms with van der Waals surface area (Å²) in [6.45, 7) is 0. The molecule has 0 aromatic heterocycles. The van der Waals surface area contributed by atoms with Crippen molar-refractivity contribution in [2.75, 3.05) is 0 Å². The number of hydrogen-bond acceptors (Lipinski definition) is 2. The number of benzene rings is 3. The highest BCUT2D eigenvalue weighted by Gasteiger charge is 2.10. The largest absolute Gasteiger partial charge is 0.382 e. The summed E-state index contributed by atoms with van der Waals surface area (Å²) in [7, 11) is 0. The van der Waals surface area contributed by atoms with Crippen molar-refractivity contribution >= 4 is 5.84 Å². The molecule has 0 heterocycles. The molecule has 0 saturated carbocycles.